The van der Waals surface area contributed by atoms with Gasteiger partial charge in [-0.1, -0.05) is 13.3 Å². The molecule has 2 rings (SSSR count). The van der Waals surface area contributed by atoms with Crippen LogP contribution in [0.4, 0.5) is 0 Å². The molecule has 1 unspecified atom stereocenters. The number of imide groups is 1. The van der Waals surface area contributed by atoms with Gasteiger partial charge in [0, 0.05) is 18.8 Å². The molecule has 1 aromatic rings. The van der Waals surface area contributed by atoms with E-state index in [2.05, 4.69) is 10.3 Å². The lowest BCUT2D eigenvalue weighted by atomic mass is 9.79. The summed E-state index contributed by atoms with van der Waals surface area (Å²) in [5.74, 6) is -0.467. The maximum absolute atomic E-state index is 11.8. The Morgan fingerprint density at radius 1 is 1.38 bits per heavy atom. The van der Waals surface area contributed by atoms with Crippen LogP contribution < -0.4 is 5.32 Å². The van der Waals surface area contributed by atoms with Crippen molar-refractivity contribution in [3.63, 3.8) is 0 Å². The second-order valence-electron chi connectivity index (χ2n) is 4.04. The maximum atomic E-state index is 11.8. The van der Waals surface area contributed by atoms with Gasteiger partial charge in [-0.15, -0.1) is 0 Å². The van der Waals surface area contributed by atoms with Gasteiger partial charge in [0.25, 0.3) is 0 Å². The van der Waals surface area contributed by atoms with Crippen molar-refractivity contribution in [2.24, 2.45) is 5.92 Å². The molecule has 2 atom stereocenters. The fourth-order valence-electron chi connectivity index (χ4n) is 2.21. The summed E-state index contributed by atoms with van der Waals surface area (Å²) in [6.07, 6.45) is 4.60. The number of rotatable bonds is 2. The quantitative estimate of drug-likeness (QED) is 0.760. The first-order valence-corrected chi connectivity index (χ1v) is 5.46. The Hall–Kier alpha value is -1.71. The van der Waals surface area contributed by atoms with Gasteiger partial charge in [-0.05, 0) is 23.6 Å². The minimum absolute atomic E-state index is 0.101. The van der Waals surface area contributed by atoms with E-state index in [0.717, 1.165) is 12.0 Å². The summed E-state index contributed by atoms with van der Waals surface area (Å²) >= 11 is 0. The first-order valence-electron chi connectivity index (χ1n) is 5.46. The molecule has 1 saturated heterocycles. The topological polar surface area (TPSA) is 59.1 Å². The first kappa shape index (κ1) is 10.8. The number of pyridine rings is 1. The van der Waals surface area contributed by atoms with Crippen molar-refractivity contribution in [1.29, 1.82) is 0 Å². The van der Waals surface area contributed by atoms with E-state index in [1.807, 2.05) is 19.1 Å². The smallest absolute Gasteiger partial charge is 0.234 e. The minimum Gasteiger partial charge on any atom is -0.296 e. The molecule has 2 heterocycles. The zero-order chi connectivity index (χ0) is 11.5. The van der Waals surface area contributed by atoms with Gasteiger partial charge < -0.3 is 0 Å². The third-order valence-electron chi connectivity index (χ3n) is 3.05. The summed E-state index contributed by atoms with van der Waals surface area (Å²) < 4.78 is 0. The average Bonchev–Trinajstić information content (AvgIpc) is 2.29. The van der Waals surface area contributed by atoms with Crippen molar-refractivity contribution in [3.05, 3.63) is 30.1 Å². The Kier molecular flexibility index (Phi) is 2.99. The Labute approximate surface area is 94.1 Å². The highest BCUT2D eigenvalue weighted by Crippen LogP contribution is 2.32. The highest BCUT2D eigenvalue weighted by atomic mass is 16.2. The molecule has 0 spiro atoms. The molecule has 0 radical (unpaired) electrons. The third-order valence-corrected chi connectivity index (χ3v) is 3.05. The maximum Gasteiger partial charge on any atom is 0.234 e. The highest BCUT2D eigenvalue weighted by molar-refractivity contribution is 6.01. The fourth-order valence-corrected chi connectivity index (χ4v) is 2.21. The van der Waals surface area contributed by atoms with E-state index in [9.17, 15) is 9.59 Å². The molecular formula is C12H14N2O2. The van der Waals surface area contributed by atoms with Gasteiger partial charge in [-0.25, -0.2) is 0 Å². The second-order valence-corrected chi connectivity index (χ2v) is 4.04. The van der Waals surface area contributed by atoms with Crippen molar-refractivity contribution in [2.75, 3.05) is 0 Å². The van der Waals surface area contributed by atoms with E-state index >= 15 is 0 Å². The average molecular weight is 218 g/mol. The van der Waals surface area contributed by atoms with Crippen molar-refractivity contribution in [3.8, 4) is 0 Å². The lowest BCUT2D eigenvalue weighted by Gasteiger charge is -2.29. The number of carbonyl (C=O) groups is 2. The van der Waals surface area contributed by atoms with Crippen LogP contribution in [0.25, 0.3) is 0 Å². The van der Waals surface area contributed by atoms with E-state index in [-0.39, 0.29) is 23.7 Å². The SMILES string of the molecule is CCC1CC(=O)NC(=O)[C@H]1c1ccncc1. The number of nitrogens with one attached hydrogen (secondary N) is 1. The van der Waals surface area contributed by atoms with Gasteiger partial charge in [-0.2, -0.15) is 0 Å². The predicted molar refractivity (Wildman–Crippen MR) is 58.5 cm³/mol. The molecule has 1 fully saturated rings. The van der Waals surface area contributed by atoms with Crippen LogP contribution in [0.1, 0.15) is 31.2 Å². The van der Waals surface area contributed by atoms with Crippen LogP contribution in [-0.2, 0) is 9.59 Å². The normalized spacial score (nSPS) is 25.3. The summed E-state index contributed by atoms with van der Waals surface area (Å²) in [5, 5.41) is 2.39. The van der Waals surface area contributed by atoms with E-state index in [4.69, 9.17) is 0 Å². The molecule has 0 aliphatic carbocycles. The molecule has 1 aromatic heterocycles. The van der Waals surface area contributed by atoms with Gasteiger partial charge in [0.05, 0.1) is 5.92 Å². The summed E-state index contributed by atoms with van der Waals surface area (Å²) in [7, 11) is 0. The van der Waals surface area contributed by atoms with Crippen molar-refractivity contribution in [2.45, 2.75) is 25.7 Å². The van der Waals surface area contributed by atoms with Crippen LogP contribution in [0, 0.1) is 5.92 Å². The zero-order valence-corrected chi connectivity index (χ0v) is 9.14. The summed E-state index contributed by atoms with van der Waals surface area (Å²) in [4.78, 5) is 27.0. The lowest BCUT2D eigenvalue weighted by molar-refractivity contribution is -0.136. The summed E-state index contributed by atoms with van der Waals surface area (Å²) in [6.45, 7) is 2.00. The molecular weight excluding hydrogens is 204 g/mol. The predicted octanol–water partition coefficient (Wildman–Crippen LogP) is 1.24. The number of carbonyl (C=O) groups excluding carboxylic acids is 2. The minimum atomic E-state index is -0.217. The van der Waals surface area contributed by atoms with Crippen LogP contribution in [0.5, 0.6) is 0 Å². The van der Waals surface area contributed by atoms with E-state index in [0.29, 0.717) is 6.42 Å². The number of aromatic nitrogens is 1. The van der Waals surface area contributed by atoms with E-state index in [1.165, 1.54) is 0 Å². The largest absolute Gasteiger partial charge is 0.296 e. The van der Waals surface area contributed by atoms with Crippen LogP contribution in [0.3, 0.4) is 0 Å². The van der Waals surface area contributed by atoms with Crippen LogP contribution >= 0.6 is 0 Å². The Balaban J connectivity index is 2.30. The van der Waals surface area contributed by atoms with Crippen molar-refractivity contribution in [1.82, 2.24) is 10.3 Å². The zero-order valence-electron chi connectivity index (χ0n) is 9.14. The third kappa shape index (κ3) is 1.96. The van der Waals surface area contributed by atoms with Gasteiger partial charge in [-0.3, -0.25) is 19.9 Å². The van der Waals surface area contributed by atoms with Gasteiger partial charge >= 0.3 is 0 Å². The monoisotopic (exact) mass is 218 g/mol. The molecule has 1 aliphatic heterocycles. The van der Waals surface area contributed by atoms with Crippen LogP contribution in [-0.4, -0.2) is 16.8 Å². The fraction of sp³-hybridized carbons (Fsp3) is 0.417. The summed E-state index contributed by atoms with van der Waals surface area (Å²) in [5.41, 5.74) is 0.937. The Bertz CT molecular complexity index is 403. The Morgan fingerprint density at radius 2 is 2.06 bits per heavy atom. The molecule has 16 heavy (non-hydrogen) atoms. The molecule has 1 N–H and O–H groups in total. The first-order chi connectivity index (χ1) is 7.72. The van der Waals surface area contributed by atoms with Gasteiger partial charge in [0.2, 0.25) is 11.8 Å². The highest BCUT2D eigenvalue weighted by Gasteiger charge is 2.35. The van der Waals surface area contributed by atoms with Crippen molar-refractivity contribution >= 4 is 11.8 Å². The molecule has 84 valence electrons. The van der Waals surface area contributed by atoms with Gasteiger partial charge in [0.1, 0.15) is 0 Å². The second kappa shape index (κ2) is 4.43. The molecule has 0 bridgehead atoms. The molecule has 4 nitrogen and oxygen atoms in total. The van der Waals surface area contributed by atoms with Crippen LogP contribution in [0.15, 0.2) is 24.5 Å². The molecule has 0 aromatic carbocycles. The number of amides is 2. The van der Waals surface area contributed by atoms with Gasteiger partial charge in [0.15, 0.2) is 0 Å². The molecule has 0 saturated carbocycles. The number of nitrogens with zero attached hydrogens (tertiary/aromatic N) is 1. The lowest BCUT2D eigenvalue weighted by Crippen LogP contribution is -2.44. The standard InChI is InChI=1S/C12H14N2O2/c1-2-8-7-10(15)14-12(16)11(8)9-3-5-13-6-4-9/h3-6,8,11H,2,7H2,1H3,(H,14,15,16)/t8?,11-/m1/s1. The number of piperidine rings is 1. The number of hydrogen-bond acceptors (Lipinski definition) is 3. The Morgan fingerprint density at radius 3 is 2.69 bits per heavy atom. The summed E-state index contributed by atoms with van der Waals surface area (Å²) in [6, 6.07) is 3.67. The van der Waals surface area contributed by atoms with Crippen molar-refractivity contribution < 1.29 is 9.59 Å². The molecule has 4 heteroatoms. The van der Waals surface area contributed by atoms with Crippen LogP contribution in [0.2, 0.25) is 0 Å². The number of hydrogen-bond donors (Lipinski definition) is 1. The molecule has 2 amide bonds. The van der Waals surface area contributed by atoms with E-state index in [1.54, 1.807) is 12.4 Å². The van der Waals surface area contributed by atoms with E-state index < -0.39 is 0 Å². The molecule has 1 aliphatic rings.